The molecule has 0 amide bonds. The van der Waals surface area contributed by atoms with E-state index in [0.717, 1.165) is 24.3 Å². The van der Waals surface area contributed by atoms with Crippen LogP contribution in [0.25, 0.3) is 0 Å². The van der Waals surface area contributed by atoms with Crippen LogP contribution in [0.15, 0.2) is 60.7 Å². The van der Waals surface area contributed by atoms with E-state index in [-0.39, 0.29) is 11.0 Å². The average Bonchev–Trinajstić information content (AvgIpc) is 2.65. The highest BCUT2D eigenvalue weighted by atomic mass is 31.2. The Morgan fingerprint density at radius 2 is 0.618 bits per heavy atom. The van der Waals surface area contributed by atoms with E-state index in [4.69, 9.17) is 39.1 Å². The largest absolute Gasteiger partial charge is 0.412 e. The molecule has 14 N–H and O–H groups in total. The fourth-order valence-corrected chi connectivity index (χ4v) is 6.99. The van der Waals surface area contributed by atoms with Crippen molar-refractivity contribution >= 4 is 30.4 Å². The number of hydrogen-bond donors (Lipinski definition) is 10. The molecular weight excluding hydrogens is 548 g/mol. The van der Waals surface area contributed by atoms with Gasteiger partial charge in [-0.3, -0.25) is 18.3 Å². The van der Waals surface area contributed by atoms with Gasteiger partial charge in [0, 0.05) is 11.1 Å². The Kier molecular flexibility index (Phi) is 12.1. The molecule has 16 nitrogen and oxygen atoms in total. The highest BCUT2D eigenvalue weighted by Crippen LogP contribution is 2.73. The summed E-state index contributed by atoms with van der Waals surface area (Å²) >= 11 is 0. The lowest BCUT2D eigenvalue weighted by atomic mass is 10.2. The summed E-state index contributed by atoms with van der Waals surface area (Å²) < 4.78 is 44.2. The average molecular weight is 572 g/mol. The molecule has 0 aliphatic heterocycles. The Hall–Kier alpha value is -1.12. The number of hydrogen-bond acceptors (Lipinski definition) is 6. The molecule has 0 radical (unpaired) electrons. The molecule has 2 rings (SSSR count). The Balaban J connectivity index is 0. The van der Waals surface area contributed by atoms with Gasteiger partial charge in [-0.05, 0) is 0 Å². The summed E-state index contributed by atoms with van der Waals surface area (Å²) in [6.45, 7) is 0. The number of benzene rings is 2. The summed E-state index contributed by atoms with van der Waals surface area (Å²) in [5.74, 6) is 0. The van der Waals surface area contributed by atoms with Crippen LogP contribution < -0.4 is 0 Å². The van der Waals surface area contributed by atoms with Crippen molar-refractivity contribution in [2.24, 2.45) is 0 Å². The van der Waals surface area contributed by atoms with E-state index in [2.05, 4.69) is 0 Å². The number of rotatable bonds is 6. The molecule has 2 aromatic carbocycles. The van der Waals surface area contributed by atoms with Gasteiger partial charge in [0.1, 0.15) is 0 Å². The van der Waals surface area contributed by atoms with Gasteiger partial charge in [0.25, 0.3) is 10.2 Å². The zero-order chi connectivity index (χ0) is 25.2. The Labute approximate surface area is 191 Å². The lowest BCUT2D eigenvalue weighted by Crippen LogP contribution is -2.25. The van der Waals surface area contributed by atoms with E-state index in [1.165, 1.54) is 36.4 Å². The zero-order valence-corrected chi connectivity index (χ0v) is 20.2. The van der Waals surface area contributed by atoms with Crippen LogP contribution in [0.2, 0.25) is 0 Å². The van der Waals surface area contributed by atoms with Crippen molar-refractivity contribution in [2.45, 2.75) is 10.2 Å². The molecule has 196 valence electrons. The maximum Gasteiger partial charge on any atom is 0.374 e. The third kappa shape index (κ3) is 6.97. The fraction of sp³-hybridized carbons (Fsp3) is 0.143. The van der Waals surface area contributed by atoms with Gasteiger partial charge in [0.15, 0.2) is 0 Å². The fourth-order valence-electron chi connectivity index (χ4n) is 2.34. The smallest absolute Gasteiger partial charge is 0.374 e. The van der Waals surface area contributed by atoms with Gasteiger partial charge in [-0.2, -0.15) is 0 Å². The van der Waals surface area contributed by atoms with E-state index in [1.54, 1.807) is 0 Å². The molecule has 0 heterocycles. The topological polar surface area (TPSA) is 334 Å². The van der Waals surface area contributed by atoms with Crippen LogP contribution in [0.3, 0.4) is 0 Å². The Morgan fingerprint density at radius 3 is 0.765 bits per heavy atom. The van der Waals surface area contributed by atoms with E-state index >= 15 is 0 Å². The monoisotopic (exact) mass is 572 g/mol. The minimum absolute atomic E-state index is 0. The molecule has 0 saturated heterocycles. The van der Waals surface area contributed by atoms with Crippen molar-refractivity contribution in [1.29, 1.82) is 0 Å². The maximum atomic E-state index is 11.1. The van der Waals surface area contributed by atoms with Crippen molar-refractivity contribution in [2.75, 3.05) is 0 Å². The highest BCUT2D eigenvalue weighted by Gasteiger charge is 2.61. The Morgan fingerprint density at radius 1 is 0.441 bits per heavy atom. The molecule has 34 heavy (non-hydrogen) atoms. The molecule has 0 aliphatic carbocycles. The lowest BCUT2D eigenvalue weighted by Gasteiger charge is -2.29. The van der Waals surface area contributed by atoms with Crippen LogP contribution >= 0.6 is 30.4 Å². The van der Waals surface area contributed by atoms with E-state index in [0.29, 0.717) is 0 Å². The predicted molar refractivity (Wildman–Crippen MR) is 116 cm³/mol. The molecule has 0 bridgehead atoms. The van der Waals surface area contributed by atoms with Crippen LogP contribution in [0, 0.1) is 0 Å². The van der Waals surface area contributed by atoms with Gasteiger partial charge >= 0.3 is 30.4 Å². The number of aliphatic hydroxyl groups is 2. The van der Waals surface area contributed by atoms with Gasteiger partial charge in [0.2, 0.25) is 0 Å². The summed E-state index contributed by atoms with van der Waals surface area (Å²) in [5.41, 5.74) is -1.06. The Bertz CT molecular complexity index is 966. The maximum absolute atomic E-state index is 11.1. The van der Waals surface area contributed by atoms with Crippen molar-refractivity contribution in [3.63, 3.8) is 0 Å². The van der Waals surface area contributed by atoms with Gasteiger partial charge in [0.05, 0.1) is 0 Å². The van der Waals surface area contributed by atoms with Crippen molar-refractivity contribution in [3.8, 4) is 0 Å². The van der Waals surface area contributed by atoms with Gasteiger partial charge in [-0.1, -0.05) is 60.7 Å². The van der Waals surface area contributed by atoms with Crippen molar-refractivity contribution < 1.29 is 78.6 Å². The second-order valence-electron chi connectivity index (χ2n) is 6.18. The second kappa shape index (κ2) is 11.7. The third-order valence-electron chi connectivity index (χ3n) is 3.95. The summed E-state index contributed by atoms with van der Waals surface area (Å²) in [7, 11) is -21.8. The molecule has 0 aliphatic rings. The van der Waals surface area contributed by atoms with Gasteiger partial charge in [-0.15, -0.1) is 0 Å². The summed E-state index contributed by atoms with van der Waals surface area (Å²) in [4.78, 5) is 71.2. The standard InChI is InChI=1S/2C7H10O7P2.2H2O/c2*8-7(15(9,10)11,16(12,13)14)6-4-2-1-3-5-6;;/h2*1-5,8H,(H2,9,10,11)(H2,12,13,14);2*1H2. The molecule has 0 unspecified atom stereocenters. The van der Waals surface area contributed by atoms with Crippen LogP contribution in [0.5, 0.6) is 0 Å². The molecule has 0 fully saturated rings. The minimum atomic E-state index is -5.44. The third-order valence-corrected chi connectivity index (χ3v) is 11.4. The summed E-state index contributed by atoms with van der Waals surface area (Å²) in [6.07, 6.45) is 0. The molecule has 0 atom stereocenters. The molecule has 0 aromatic heterocycles. The normalized spacial score (nSPS) is 13.0. The first-order valence-corrected chi connectivity index (χ1v) is 14.4. The molecular formula is C14H24O16P4. The van der Waals surface area contributed by atoms with Gasteiger partial charge in [-0.25, -0.2) is 0 Å². The van der Waals surface area contributed by atoms with Gasteiger partial charge < -0.3 is 60.3 Å². The SMILES string of the molecule is O.O.O=P(O)(O)C(O)(c1ccccc1)P(=O)(O)O.O=P(O)(O)C(O)(c1ccccc1)P(=O)(O)O. The first-order chi connectivity index (χ1) is 14.2. The first kappa shape index (κ1) is 35.0. The second-order valence-corrected chi connectivity index (χ2v) is 13.8. The van der Waals surface area contributed by atoms with E-state index < -0.39 is 51.7 Å². The highest BCUT2D eigenvalue weighted by molar-refractivity contribution is 7.71. The molecule has 0 saturated carbocycles. The van der Waals surface area contributed by atoms with Crippen molar-refractivity contribution in [3.05, 3.63) is 71.8 Å². The lowest BCUT2D eigenvalue weighted by molar-refractivity contribution is 0.130. The van der Waals surface area contributed by atoms with Crippen LogP contribution in [0.1, 0.15) is 11.1 Å². The summed E-state index contributed by atoms with van der Waals surface area (Å²) in [6, 6.07) is 12.2. The summed E-state index contributed by atoms with van der Waals surface area (Å²) in [5, 5.41) is 12.3. The van der Waals surface area contributed by atoms with Crippen LogP contribution in [-0.2, 0) is 28.4 Å². The van der Waals surface area contributed by atoms with Crippen LogP contribution in [0.4, 0.5) is 0 Å². The minimum Gasteiger partial charge on any atom is -0.412 e. The van der Waals surface area contributed by atoms with Crippen LogP contribution in [-0.4, -0.2) is 60.3 Å². The molecule has 2 aromatic rings. The molecule has 20 heteroatoms. The predicted octanol–water partition coefficient (Wildman–Crippen LogP) is -1.36. The zero-order valence-electron chi connectivity index (χ0n) is 16.7. The first-order valence-electron chi connectivity index (χ1n) is 7.99. The van der Waals surface area contributed by atoms with Crippen molar-refractivity contribution in [1.82, 2.24) is 0 Å². The quantitative estimate of drug-likeness (QED) is 0.179. The molecule has 0 spiro atoms. The van der Waals surface area contributed by atoms with E-state index in [9.17, 15) is 28.5 Å². The van der Waals surface area contributed by atoms with E-state index in [1.807, 2.05) is 0 Å².